The summed E-state index contributed by atoms with van der Waals surface area (Å²) < 4.78 is 5.18. The molecular formula is C18H29N3O2. The number of rotatable bonds is 7. The molecule has 23 heavy (non-hydrogen) atoms. The lowest BCUT2D eigenvalue weighted by Crippen LogP contribution is -2.51. The molecule has 0 aliphatic carbocycles. The molecule has 1 heterocycles. The average molecular weight is 319 g/mol. The zero-order chi connectivity index (χ0) is 16.5. The maximum absolute atomic E-state index is 12.1. The first-order valence-electron chi connectivity index (χ1n) is 8.61. The molecule has 1 aromatic carbocycles. The van der Waals surface area contributed by atoms with Crippen LogP contribution >= 0.6 is 0 Å². The van der Waals surface area contributed by atoms with E-state index in [4.69, 9.17) is 4.74 Å². The van der Waals surface area contributed by atoms with Crippen LogP contribution in [0.5, 0.6) is 5.75 Å². The number of carbonyl (C=O) groups is 1. The average Bonchev–Trinajstić information content (AvgIpc) is 2.60. The van der Waals surface area contributed by atoms with Crippen LogP contribution in [0, 0.1) is 0 Å². The summed E-state index contributed by atoms with van der Waals surface area (Å²) in [7, 11) is 1.68. The number of methoxy groups -OCH3 is 1. The molecule has 1 aliphatic heterocycles. The summed E-state index contributed by atoms with van der Waals surface area (Å²) in [5, 5.41) is 3.02. The zero-order valence-electron chi connectivity index (χ0n) is 14.4. The van der Waals surface area contributed by atoms with Crippen molar-refractivity contribution in [3.8, 4) is 5.75 Å². The number of nitrogens with zero attached hydrogens (tertiary/aromatic N) is 2. The third-order valence-electron chi connectivity index (χ3n) is 4.28. The second-order valence-corrected chi connectivity index (χ2v) is 6.05. The van der Waals surface area contributed by atoms with Crippen molar-refractivity contribution in [2.75, 3.05) is 39.8 Å². The molecule has 0 spiro atoms. The van der Waals surface area contributed by atoms with Gasteiger partial charge in [-0.05, 0) is 24.1 Å². The number of piperazine rings is 1. The van der Waals surface area contributed by atoms with Crippen LogP contribution < -0.4 is 10.1 Å². The largest absolute Gasteiger partial charge is 0.497 e. The van der Waals surface area contributed by atoms with Gasteiger partial charge in [-0.1, -0.05) is 31.9 Å². The second-order valence-electron chi connectivity index (χ2n) is 6.05. The smallest absolute Gasteiger partial charge is 0.317 e. The summed E-state index contributed by atoms with van der Waals surface area (Å²) in [6.07, 6.45) is 3.43. The van der Waals surface area contributed by atoms with E-state index in [2.05, 4.69) is 29.3 Å². The molecule has 2 amide bonds. The highest BCUT2D eigenvalue weighted by Crippen LogP contribution is 2.14. The molecule has 2 rings (SSSR count). The van der Waals surface area contributed by atoms with E-state index in [1.165, 1.54) is 18.4 Å². The summed E-state index contributed by atoms with van der Waals surface area (Å²) in [5.74, 6) is 0.887. The van der Waals surface area contributed by atoms with E-state index in [1.54, 1.807) is 7.11 Å². The molecule has 1 fully saturated rings. The van der Waals surface area contributed by atoms with Crippen molar-refractivity contribution in [3.63, 3.8) is 0 Å². The highest BCUT2D eigenvalue weighted by atomic mass is 16.5. The molecule has 0 unspecified atom stereocenters. The fraction of sp³-hybridized carbons (Fsp3) is 0.611. The maximum Gasteiger partial charge on any atom is 0.317 e. The molecule has 1 N–H and O–H groups in total. The maximum atomic E-state index is 12.1. The van der Waals surface area contributed by atoms with Gasteiger partial charge in [0.05, 0.1) is 7.11 Å². The summed E-state index contributed by atoms with van der Waals surface area (Å²) in [6, 6.07) is 8.28. The Morgan fingerprint density at radius 2 is 1.83 bits per heavy atom. The van der Waals surface area contributed by atoms with Crippen molar-refractivity contribution in [2.45, 2.75) is 32.7 Å². The molecule has 1 saturated heterocycles. The SMILES string of the molecule is CCCCCNC(=O)N1CCN(Cc2ccc(OC)cc2)CC1. The van der Waals surface area contributed by atoms with Crippen LogP contribution in [0.25, 0.3) is 0 Å². The molecule has 0 atom stereocenters. The molecule has 5 heteroatoms. The number of hydrogen-bond donors (Lipinski definition) is 1. The number of nitrogens with one attached hydrogen (secondary N) is 1. The van der Waals surface area contributed by atoms with Gasteiger partial charge >= 0.3 is 6.03 Å². The monoisotopic (exact) mass is 319 g/mol. The zero-order valence-corrected chi connectivity index (χ0v) is 14.4. The minimum atomic E-state index is 0.0881. The number of amides is 2. The van der Waals surface area contributed by atoms with Gasteiger partial charge in [0.25, 0.3) is 0 Å². The Morgan fingerprint density at radius 3 is 2.43 bits per heavy atom. The van der Waals surface area contributed by atoms with Crippen LogP contribution in [0.4, 0.5) is 4.79 Å². The van der Waals surface area contributed by atoms with Gasteiger partial charge in [-0.3, -0.25) is 4.90 Å². The highest BCUT2D eigenvalue weighted by molar-refractivity contribution is 5.74. The van der Waals surface area contributed by atoms with Gasteiger partial charge < -0.3 is 15.0 Å². The standard InChI is InChI=1S/C18H29N3O2/c1-3-4-5-10-19-18(22)21-13-11-20(12-14-21)15-16-6-8-17(23-2)9-7-16/h6-9H,3-5,10-15H2,1-2H3,(H,19,22). The normalized spacial score (nSPS) is 15.5. The number of carbonyl (C=O) groups excluding carboxylic acids is 1. The van der Waals surface area contributed by atoms with E-state index in [-0.39, 0.29) is 6.03 Å². The van der Waals surface area contributed by atoms with Crippen LogP contribution in [0.15, 0.2) is 24.3 Å². The van der Waals surface area contributed by atoms with Crippen LogP contribution in [0.1, 0.15) is 31.7 Å². The predicted molar refractivity (Wildman–Crippen MR) is 92.8 cm³/mol. The number of ether oxygens (including phenoxy) is 1. The van der Waals surface area contributed by atoms with Gasteiger partial charge in [0.15, 0.2) is 0 Å². The third-order valence-corrected chi connectivity index (χ3v) is 4.28. The van der Waals surface area contributed by atoms with Crippen LogP contribution in [-0.4, -0.2) is 55.7 Å². The van der Waals surface area contributed by atoms with Gasteiger partial charge in [0, 0.05) is 39.3 Å². The van der Waals surface area contributed by atoms with Crippen molar-refractivity contribution < 1.29 is 9.53 Å². The third kappa shape index (κ3) is 5.75. The topological polar surface area (TPSA) is 44.8 Å². The van der Waals surface area contributed by atoms with Gasteiger partial charge in [-0.15, -0.1) is 0 Å². The van der Waals surface area contributed by atoms with Crippen LogP contribution in [0.3, 0.4) is 0 Å². The molecule has 0 radical (unpaired) electrons. The van der Waals surface area contributed by atoms with Crippen molar-refractivity contribution in [1.29, 1.82) is 0 Å². The number of unbranched alkanes of at least 4 members (excludes halogenated alkanes) is 2. The fourth-order valence-corrected chi connectivity index (χ4v) is 2.78. The molecule has 5 nitrogen and oxygen atoms in total. The highest BCUT2D eigenvalue weighted by Gasteiger charge is 2.20. The van der Waals surface area contributed by atoms with Gasteiger partial charge in [0.1, 0.15) is 5.75 Å². The lowest BCUT2D eigenvalue weighted by atomic mass is 10.2. The minimum absolute atomic E-state index is 0.0881. The van der Waals surface area contributed by atoms with Crippen LogP contribution in [0.2, 0.25) is 0 Å². The number of benzene rings is 1. The quantitative estimate of drug-likeness (QED) is 0.786. The minimum Gasteiger partial charge on any atom is -0.497 e. The Labute approximate surface area is 139 Å². The Hall–Kier alpha value is -1.75. The lowest BCUT2D eigenvalue weighted by molar-refractivity contribution is 0.135. The Kier molecular flexibility index (Phi) is 7.20. The van der Waals surface area contributed by atoms with Crippen molar-refractivity contribution >= 4 is 6.03 Å². The lowest BCUT2D eigenvalue weighted by Gasteiger charge is -2.34. The summed E-state index contributed by atoms with van der Waals surface area (Å²) >= 11 is 0. The number of hydrogen-bond acceptors (Lipinski definition) is 3. The summed E-state index contributed by atoms with van der Waals surface area (Å²) in [5.41, 5.74) is 1.28. The van der Waals surface area contributed by atoms with Crippen LogP contribution in [-0.2, 0) is 6.54 Å². The first-order valence-corrected chi connectivity index (χ1v) is 8.61. The van der Waals surface area contributed by atoms with Gasteiger partial charge in [-0.2, -0.15) is 0 Å². The number of urea groups is 1. The Morgan fingerprint density at radius 1 is 1.13 bits per heavy atom. The molecule has 1 aromatic rings. The van der Waals surface area contributed by atoms with Gasteiger partial charge in [-0.25, -0.2) is 4.79 Å². The van der Waals surface area contributed by atoms with E-state index in [0.29, 0.717) is 0 Å². The molecule has 1 aliphatic rings. The van der Waals surface area contributed by atoms with Gasteiger partial charge in [0.2, 0.25) is 0 Å². The molecule has 128 valence electrons. The van der Waals surface area contributed by atoms with Crippen molar-refractivity contribution in [2.24, 2.45) is 0 Å². The van der Waals surface area contributed by atoms with E-state index in [0.717, 1.165) is 51.4 Å². The predicted octanol–water partition coefficient (Wildman–Crippen LogP) is 2.71. The second kappa shape index (κ2) is 9.40. The first kappa shape index (κ1) is 17.6. The van der Waals surface area contributed by atoms with Crippen molar-refractivity contribution in [1.82, 2.24) is 15.1 Å². The first-order chi connectivity index (χ1) is 11.2. The Balaban J connectivity index is 1.69. The molecular weight excluding hydrogens is 290 g/mol. The summed E-state index contributed by atoms with van der Waals surface area (Å²) in [4.78, 5) is 16.4. The molecule has 0 bridgehead atoms. The molecule has 0 aromatic heterocycles. The Bertz CT molecular complexity index is 468. The van der Waals surface area contributed by atoms with E-state index in [9.17, 15) is 4.79 Å². The van der Waals surface area contributed by atoms with E-state index >= 15 is 0 Å². The van der Waals surface area contributed by atoms with Crippen molar-refractivity contribution in [3.05, 3.63) is 29.8 Å². The van der Waals surface area contributed by atoms with E-state index in [1.807, 2.05) is 17.0 Å². The fourth-order valence-electron chi connectivity index (χ4n) is 2.78. The van der Waals surface area contributed by atoms with E-state index < -0.39 is 0 Å². The summed E-state index contributed by atoms with van der Waals surface area (Å²) in [6.45, 7) is 7.34. The molecule has 0 saturated carbocycles.